The number of aryl methyl sites for hydroxylation is 2. The van der Waals surface area contributed by atoms with E-state index in [1.54, 1.807) is 0 Å². The number of pyridine rings is 1. The van der Waals surface area contributed by atoms with E-state index < -0.39 is 18.5 Å². The molecule has 0 amide bonds. The third-order valence-electron chi connectivity index (χ3n) is 4.30. The summed E-state index contributed by atoms with van der Waals surface area (Å²) in [6.45, 7) is 0.229. The van der Waals surface area contributed by atoms with Gasteiger partial charge in [-0.05, 0) is 0 Å². The van der Waals surface area contributed by atoms with Crippen molar-refractivity contribution in [1.29, 1.82) is 0 Å². The van der Waals surface area contributed by atoms with Gasteiger partial charge in [-0.15, -0.1) is 0 Å². The zero-order valence-corrected chi connectivity index (χ0v) is 11.4. The maximum absolute atomic E-state index is 10.4. The first-order chi connectivity index (χ1) is 9.58. The van der Waals surface area contributed by atoms with E-state index in [0.29, 0.717) is 5.69 Å². The number of hydrogen-bond acceptors (Lipinski definition) is 4. The molecule has 6 heteroatoms. The average molecular weight is 277 g/mol. The van der Waals surface area contributed by atoms with Crippen LogP contribution in [-0.2, 0) is 23.6 Å². The minimum Gasteiger partial charge on any atom is -0.388 e. The number of nitrogens with zero attached hydrogens (tertiary/aromatic N) is 2. The van der Waals surface area contributed by atoms with Gasteiger partial charge in [0.25, 0.3) is 0 Å². The molecule has 2 N–H and O–H groups in total. The first kappa shape index (κ1) is 12.3. The van der Waals surface area contributed by atoms with E-state index in [2.05, 4.69) is 0 Å². The van der Waals surface area contributed by atoms with E-state index in [-0.39, 0.29) is 12.7 Å². The van der Waals surface area contributed by atoms with Crippen LogP contribution in [0, 0.1) is 0 Å². The van der Waals surface area contributed by atoms with Crippen LogP contribution in [0.25, 0.3) is 10.9 Å². The van der Waals surface area contributed by atoms with E-state index >= 15 is 0 Å². The summed E-state index contributed by atoms with van der Waals surface area (Å²) < 4.78 is 15.2. The van der Waals surface area contributed by atoms with Crippen LogP contribution >= 0.6 is 0 Å². The average Bonchev–Trinajstić information content (AvgIpc) is 2.88. The Bertz CT molecular complexity index is 696. The Morgan fingerprint density at radius 3 is 3.00 bits per heavy atom. The largest absolute Gasteiger partial charge is 0.388 e. The molecular formula is C14H17N2O4+. The van der Waals surface area contributed by atoms with E-state index in [9.17, 15) is 10.2 Å². The van der Waals surface area contributed by atoms with E-state index in [4.69, 9.17) is 9.47 Å². The summed E-state index contributed by atoms with van der Waals surface area (Å²) in [6, 6.07) is 2.00. The van der Waals surface area contributed by atoms with Crippen molar-refractivity contribution in [2.45, 2.75) is 24.6 Å². The van der Waals surface area contributed by atoms with Crippen molar-refractivity contribution in [3.8, 4) is 0 Å². The minimum absolute atomic E-state index is 0.229. The maximum atomic E-state index is 10.4. The second-order valence-electron chi connectivity index (χ2n) is 5.54. The van der Waals surface area contributed by atoms with Gasteiger partial charge in [-0.25, -0.2) is 4.57 Å². The lowest BCUT2D eigenvalue weighted by Crippen LogP contribution is -2.37. The van der Waals surface area contributed by atoms with Gasteiger partial charge in [0.05, 0.1) is 17.5 Å². The van der Waals surface area contributed by atoms with Gasteiger partial charge < -0.3 is 24.3 Å². The molecule has 2 aromatic rings. The molecule has 2 aliphatic heterocycles. The summed E-state index contributed by atoms with van der Waals surface area (Å²) in [5.41, 5.74) is 2.68. The number of rotatable bonds is 0. The Labute approximate surface area is 115 Å². The third-order valence-corrected chi connectivity index (χ3v) is 4.30. The Balaban J connectivity index is 2.06. The van der Waals surface area contributed by atoms with Gasteiger partial charge in [-0.2, -0.15) is 0 Å². The molecule has 0 radical (unpaired) electrons. The van der Waals surface area contributed by atoms with E-state index in [1.165, 1.54) is 0 Å². The highest BCUT2D eigenvalue weighted by molar-refractivity contribution is 5.86. The number of hydrogen-bond donors (Lipinski definition) is 2. The van der Waals surface area contributed by atoms with Gasteiger partial charge in [0, 0.05) is 24.9 Å². The third kappa shape index (κ3) is 1.44. The summed E-state index contributed by atoms with van der Waals surface area (Å²) in [6.07, 6.45) is 1.22. The lowest BCUT2D eigenvalue weighted by Gasteiger charge is -2.19. The van der Waals surface area contributed by atoms with Gasteiger partial charge in [0.2, 0.25) is 12.0 Å². The molecule has 20 heavy (non-hydrogen) atoms. The summed E-state index contributed by atoms with van der Waals surface area (Å²) in [4.78, 5) is 0. The minimum atomic E-state index is -1.07. The normalized spacial score (nSPS) is 32.4. The fraction of sp³-hybridized carbons (Fsp3) is 0.500. The Morgan fingerprint density at radius 1 is 1.40 bits per heavy atom. The molecule has 6 nitrogen and oxygen atoms in total. The molecule has 4 rings (SSSR count). The number of aliphatic hydroxyl groups excluding tert-OH is 2. The summed E-state index contributed by atoms with van der Waals surface area (Å²) >= 11 is 0. The SMILES string of the molecule is Cn1cc2c3c([n+](C)ccc31)C(O)O[C@H]1[C@@H]2OC[C@@H]1O. The molecular weight excluding hydrogens is 260 g/mol. The Hall–Kier alpha value is -1.47. The Morgan fingerprint density at radius 2 is 2.20 bits per heavy atom. The summed E-state index contributed by atoms with van der Waals surface area (Å²) in [5, 5.41) is 21.3. The van der Waals surface area contributed by atoms with Gasteiger partial charge in [0.15, 0.2) is 6.20 Å². The monoisotopic (exact) mass is 277 g/mol. The molecule has 4 heterocycles. The van der Waals surface area contributed by atoms with Crippen LogP contribution in [0.4, 0.5) is 0 Å². The highest BCUT2D eigenvalue weighted by Crippen LogP contribution is 2.42. The predicted molar refractivity (Wildman–Crippen MR) is 68.6 cm³/mol. The van der Waals surface area contributed by atoms with Crippen LogP contribution in [0.1, 0.15) is 23.7 Å². The highest BCUT2D eigenvalue weighted by atomic mass is 16.6. The zero-order valence-electron chi connectivity index (χ0n) is 11.4. The highest BCUT2D eigenvalue weighted by Gasteiger charge is 2.46. The number of aliphatic hydroxyl groups is 2. The van der Waals surface area contributed by atoms with Crippen molar-refractivity contribution in [2.24, 2.45) is 14.1 Å². The molecule has 0 aliphatic carbocycles. The van der Waals surface area contributed by atoms with Crippen molar-refractivity contribution >= 4 is 10.9 Å². The molecule has 2 aromatic heterocycles. The van der Waals surface area contributed by atoms with Gasteiger partial charge in [0.1, 0.15) is 25.4 Å². The lowest BCUT2D eigenvalue weighted by molar-refractivity contribution is -0.685. The molecule has 0 aromatic carbocycles. The number of ether oxygens (including phenoxy) is 2. The van der Waals surface area contributed by atoms with Crippen molar-refractivity contribution in [3.63, 3.8) is 0 Å². The van der Waals surface area contributed by atoms with E-state index in [0.717, 1.165) is 16.5 Å². The standard InChI is InChI=1S/C14H17N2O4/c1-15-4-3-8-10-7(5-16(8)2)12-13(9(17)6-19-12)20-14(18)11(10)15/h3-5,9,12-14,17-18H,6H2,1-2H3/q+1/t9-,12+,13+,14?/m0/s1. The fourth-order valence-corrected chi connectivity index (χ4v) is 3.34. The molecule has 0 saturated carbocycles. The molecule has 0 bridgehead atoms. The number of aromatic nitrogens is 2. The Kier molecular flexibility index (Phi) is 2.47. The van der Waals surface area contributed by atoms with Crippen LogP contribution < -0.4 is 4.57 Å². The van der Waals surface area contributed by atoms with Gasteiger partial charge >= 0.3 is 0 Å². The summed E-state index contributed by atoms with van der Waals surface area (Å²) in [7, 11) is 3.83. The van der Waals surface area contributed by atoms with Crippen molar-refractivity contribution in [2.75, 3.05) is 6.61 Å². The van der Waals surface area contributed by atoms with Gasteiger partial charge in [-0.1, -0.05) is 0 Å². The number of fused-ring (bicyclic) bond motifs is 2. The van der Waals surface area contributed by atoms with Crippen LogP contribution in [0.3, 0.4) is 0 Å². The summed E-state index contributed by atoms with van der Waals surface area (Å²) in [5.74, 6) is 0. The van der Waals surface area contributed by atoms with Gasteiger partial charge in [-0.3, -0.25) is 0 Å². The molecule has 4 atom stereocenters. The van der Waals surface area contributed by atoms with Crippen LogP contribution in [0.15, 0.2) is 18.5 Å². The second kappa shape index (κ2) is 4.02. The quantitative estimate of drug-likeness (QED) is 0.656. The molecule has 1 saturated heterocycles. The molecule has 2 aliphatic rings. The topological polar surface area (TPSA) is 67.7 Å². The van der Waals surface area contributed by atoms with Crippen LogP contribution in [0.5, 0.6) is 0 Å². The molecule has 1 unspecified atom stereocenters. The predicted octanol–water partition coefficient (Wildman–Crippen LogP) is -0.175. The first-order valence-electron chi connectivity index (χ1n) is 6.68. The van der Waals surface area contributed by atoms with Crippen LogP contribution in [0.2, 0.25) is 0 Å². The van der Waals surface area contributed by atoms with Crippen LogP contribution in [-0.4, -0.2) is 33.6 Å². The van der Waals surface area contributed by atoms with Crippen molar-refractivity contribution in [1.82, 2.24) is 4.57 Å². The van der Waals surface area contributed by atoms with E-state index in [1.807, 2.05) is 41.7 Å². The maximum Gasteiger partial charge on any atom is 0.247 e. The molecule has 1 fully saturated rings. The van der Waals surface area contributed by atoms with Crippen molar-refractivity contribution in [3.05, 3.63) is 29.7 Å². The van der Waals surface area contributed by atoms with Crippen molar-refractivity contribution < 1.29 is 24.3 Å². The molecule has 106 valence electrons. The first-order valence-corrected chi connectivity index (χ1v) is 6.68. The zero-order chi connectivity index (χ0) is 14.0. The fourth-order valence-electron chi connectivity index (χ4n) is 3.34. The second-order valence-corrected chi connectivity index (χ2v) is 5.54. The smallest absolute Gasteiger partial charge is 0.247 e. The molecule has 0 spiro atoms. The lowest BCUT2D eigenvalue weighted by atomic mass is 10.0.